The second-order valence-electron chi connectivity index (χ2n) is 6.47. The largest absolute Gasteiger partial charge is 0.314 e. The standard InChI is InChI=1S/C20H22N2O2/c1-14(2)8-10-22-11-9-18(19(13-21)20(22)24)17-6-4-16(5-7-17)12-15(3)23/h4-7,9,11,14H,8,10,12H2,1-3H3. The van der Waals surface area contributed by atoms with Gasteiger partial charge in [0.25, 0.3) is 5.56 Å². The zero-order valence-corrected chi connectivity index (χ0v) is 14.4. The van der Waals surface area contributed by atoms with Crippen LogP contribution in [0.25, 0.3) is 11.1 Å². The fourth-order valence-corrected chi connectivity index (χ4v) is 2.59. The lowest BCUT2D eigenvalue weighted by Crippen LogP contribution is -2.23. The average Bonchev–Trinajstić information content (AvgIpc) is 2.53. The molecule has 0 radical (unpaired) electrons. The number of ketones is 1. The number of benzene rings is 1. The second kappa shape index (κ2) is 7.74. The van der Waals surface area contributed by atoms with Gasteiger partial charge in [0.05, 0.1) is 0 Å². The summed E-state index contributed by atoms with van der Waals surface area (Å²) in [5.41, 5.74) is 2.30. The lowest BCUT2D eigenvalue weighted by molar-refractivity contribution is -0.116. The summed E-state index contributed by atoms with van der Waals surface area (Å²) < 4.78 is 1.60. The molecule has 0 aliphatic heterocycles. The van der Waals surface area contributed by atoms with E-state index >= 15 is 0 Å². The third-order valence-corrected chi connectivity index (χ3v) is 3.94. The van der Waals surface area contributed by atoms with Gasteiger partial charge in [-0.25, -0.2) is 0 Å². The molecule has 0 saturated heterocycles. The highest BCUT2D eigenvalue weighted by molar-refractivity contribution is 5.78. The first kappa shape index (κ1) is 17.7. The minimum atomic E-state index is -0.247. The first-order valence-electron chi connectivity index (χ1n) is 8.14. The number of nitrogens with zero attached hydrogens (tertiary/aromatic N) is 2. The van der Waals surface area contributed by atoms with Gasteiger partial charge in [-0.3, -0.25) is 9.59 Å². The molecule has 0 bridgehead atoms. The number of rotatable bonds is 6. The molecular formula is C20H22N2O2. The number of carbonyl (C=O) groups is 1. The molecule has 0 saturated carbocycles. The Labute approximate surface area is 142 Å². The van der Waals surface area contributed by atoms with Crippen LogP contribution in [0.3, 0.4) is 0 Å². The van der Waals surface area contributed by atoms with Crippen molar-refractivity contribution in [1.29, 1.82) is 5.26 Å². The average molecular weight is 322 g/mol. The first-order chi connectivity index (χ1) is 11.4. The van der Waals surface area contributed by atoms with Crippen LogP contribution < -0.4 is 5.56 Å². The molecular weight excluding hydrogens is 300 g/mol. The Morgan fingerprint density at radius 3 is 2.42 bits per heavy atom. The molecule has 2 aromatic rings. The van der Waals surface area contributed by atoms with Gasteiger partial charge in [0, 0.05) is 24.7 Å². The van der Waals surface area contributed by atoms with Crippen LogP contribution in [0.1, 0.15) is 38.3 Å². The topological polar surface area (TPSA) is 62.9 Å². The highest BCUT2D eigenvalue weighted by Gasteiger charge is 2.12. The summed E-state index contributed by atoms with van der Waals surface area (Å²) in [7, 11) is 0. The fraction of sp³-hybridized carbons (Fsp3) is 0.350. The normalized spacial score (nSPS) is 10.6. The van der Waals surface area contributed by atoms with E-state index in [9.17, 15) is 14.9 Å². The van der Waals surface area contributed by atoms with Crippen molar-refractivity contribution in [3.63, 3.8) is 0 Å². The summed E-state index contributed by atoms with van der Waals surface area (Å²) in [6.45, 7) is 6.38. The molecule has 0 amide bonds. The van der Waals surface area contributed by atoms with Crippen molar-refractivity contribution in [2.24, 2.45) is 5.92 Å². The molecule has 1 aromatic carbocycles. The van der Waals surface area contributed by atoms with E-state index in [1.54, 1.807) is 17.7 Å². The molecule has 0 atom stereocenters. The van der Waals surface area contributed by atoms with E-state index in [1.807, 2.05) is 36.4 Å². The first-order valence-corrected chi connectivity index (χ1v) is 8.14. The highest BCUT2D eigenvalue weighted by atomic mass is 16.1. The van der Waals surface area contributed by atoms with E-state index in [2.05, 4.69) is 13.8 Å². The van der Waals surface area contributed by atoms with Crippen molar-refractivity contribution in [3.05, 3.63) is 58.0 Å². The van der Waals surface area contributed by atoms with Gasteiger partial charge in [-0.1, -0.05) is 38.1 Å². The maximum atomic E-state index is 12.5. The maximum absolute atomic E-state index is 12.5. The zero-order chi connectivity index (χ0) is 17.7. The zero-order valence-electron chi connectivity index (χ0n) is 14.4. The van der Waals surface area contributed by atoms with Gasteiger partial charge in [0.15, 0.2) is 0 Å². The molecule has 0 aliphatic rings. The van der Waals surface area contributed by atoms with Crippen molar-refractivity contribution < 1.29 is 4.79 Å². The summed E-state index contributed by atoms with van der Waals surface area (Å²) in [6, 6.07) is 11.3. The van der Waals surface area contributed by atoms with Crippen LogP contribution in [0, 0.1) is 17.2 Å². The second-order valence-corrected chi connectivity index (χ2v) is 6.47. The SMILES string of the molecule is CC(=O)Cc1ccc(-c2ccn(CCC(C)C)c(=O)c2C#N)cc1. The van der Waals surface area contributed by atoms with Crippen molar-refractivity contribution in [2.45, 2.75) is 40.2 Å². The molecule has 0 fully saturated rings. The van der Waals surface area contributed by atoms with Gasteiger partial charge in [-0.2, -0.15) is 5.26 Å². The molecule has 0 unspecified atom stereocenters. The Bertz CT molecular complexity index is 824. The molecule has 4 heteroatoms. The highest BCUT2D eigenvalue weighted by Crippen LogP contribution is 2.22. The summed E-state index contributed by atoms with van der Waals surface area (Å²) in [6.07, 6.45) is 3.04. The Hall–Kier alpha value is -2.67. The quantitative estimate of drug-likeness (QED) is 0.817. The Balaban J connectivity index is 2.37. The van der Waals surface area contributed by atoms with Gasteiger partial charge >= 0.3 is 0 Å². The molecule has 0 spiro atoms. The smallest absolute Gasteiger partial charge is 0.269 e. The molecule has 4 nitrogen and oxygen atoms in total. The van der Waals surface area contributed by atoms with Crippen LogP contribution >= 0.6 is 0 Å². The van der Waals surface area contributed by atoms with Gasteiger partial charge in [-0.05, 0) is 36.5 Å². The maximum Gasteiger partial charge on any atom is 0.269 e. The summed E-state index contributed by atoms with van der Waals surface area (Å²) >= 11 is 0. The van der Waals surface area contributed by atoms with E-state index in [1.165, 1.54) is 0 Å². The Morgan fingerprint density at radius 2 is 1.88 bits per heavy atom. The molecule has 0 N–H and O–H groups in total. The lowest BCUT2D eigenvalue weighted by Gasteiger charge is -2.11. The number of pyridine rings is 1. The minimum absolute atomic E-state index is 0.105. The van der Waals surface area contributed by atoms with Crippen LogP contribution in [-0.2, 0) is 17.8 Å². The minimum Gasteiger partial charge on any atom is -0.314 e. The van der Waals surface area contributed by atoms with Crippen LogP contribution in [-0.4, -0.2) is 10.4 Å². The summed E-state index contributed by atoms with van der Waals surface area (Å²) in [5.74, 6) is 0.601. The number of aryl methyl sites for hydroxylation is 1. The number of hydrogen-bond donors (Lipinski definition) is 0. The number of Topliss-reactive ketones (excluding diaryl/α,β-unsaturated/α-hetero) is 1. The molecule has 0 aliphatic carbocycles. The third-order valence-electron chi connectivity index (χ3n) is 3.94. The van der Waals surface area contributed by atoms with E-state index in [-0.39, 0.29) is 16.9 Å². The number of nitriles is 1. The molecule has 24 heavy (non-hydrogen) atoms. The molecule has 1 aromatic heterocycles. The molecule has 2 rings (SSSR count). The summed E-state index contributed by atoms with van der Waals surface area (Å²) in [4.78, 5) is 23.7. The summed E-state index contributed by atoms with van der Waals surface area (Å²) in [5, 5.41) is 9.43. The van der Waals surface area contributed by atoms with E-state index < -0.39 is 0 Å². The van der Waals surface area contributed by atoms with Crippen LogP contribution in [0.5, 0.6) is 0 Å². The lowest BCUT2D eigenvalue weighted by atomic mass is 9.99. The fourth-order valence-electron chi connectivity index (χ4n) is 2.59. The Kier molecular flexibility index (Phi) is 5.70. The molecule has 1 heterocycles. The van der Waals surface area contributed by atoms with Gasteiger partial charge in [-0.15, -0.1) is 0 Å². The molecule has 124 valence electrons. The van der Waals surface area contributed by atoms with Crippen molar-refractivity contribution in [1.82, 2.24) is 4.57 Å². The van der Waals surface area contributed by atoms with Crippen LogP contribution in [0.2, 0.25) is 0 Å². The van der Waals surface area contributed by atoms with Crippen LogP contribution in [0.15, 0.2) is 41.3 Å². The number of carbonyl (C=O) groups excluding carboxylic acids is 1. The monoisotopic (exact) mass is 322 g/mol. The van der Waals surface area contributed by atoms with E-state index in [0.717, 1.165) is 17.5 Å². The van der Waals surface area contributed by atoms with Crippen molar-refractivity contribution in [3.8, 4) is 17.2 Å². The van der Waals surface area contributed by atoms with Gasteiger partial charge in [0.1, 0.15) is 17.4 Å². The van der Waals surface area contributed by atoms with Crippen LogP contribution in [0.4, 0.5) is 0 Å². The third kappa shape index (κ3) is 4.20. The van der Waals surface area contributed by atoms with Gasteiger partial charge in [0.2, 0.25) is 0 Å². The van der Waals surface area contributed by atoms with E-state index in [4.69, 9.17) is 0 Å². The van der Waals surface area contributed by atoms with Crippen molar-refractivity contribution >= 4 is 5.78 Å². The van der Waals surface area contributed by atoms with Gasteiger partial charge < -0.3 is 4.57 Å². The number of aromatic nitrogens is 1. The van der Waals surface area contributed by atoms with Crippen molar-refractivity contribution in [2.75, 3.05) is 0 Å². The Morgan fingerprint density at radius 1 is 1.21 bits per heavy atom. The van der Waals surface area contributed by atoms with E-state index in [0.29, 0.717) is 24.4 Å². The predicted octanol–water partition coefficient (Wildman–Crippen LogP) is 3.56. The predicted molar refractivity (Wildman–Crippen MR) is 94.7 cm³/mol. The number of hydrogen-bond acceptors (Lipinski definition) is 3.